The van der Waals surface area contributed by atoms with Crippen molar-refractivity contribution < 1.29 is 29.3 Å². The number of hydrogen-bond donors (Lipinski definition) is 3. The molecule has 1 aliphatic rings. The van der Waals surface area contributed by atoms with Gasteiger partial charge in [0.1, 0.15) is 42.4 Å². The van der Waals surface area contributed by atoms with E-state index in [2.05, 4.69) is 15.4 Å². The highest BCUT2D eigenvalue weighted by molar-refractivity contribution is 5.93. The first-order valence-electron chi connectivity index (χ1n) is 11.4. The van der Waals surface area contributed by atoms with E-state index in [4.69, 9.17) is 9.47 Å². The maximum absolute atomic E-state index is 12.4. The van der Waals surface area contributed by atoms with Crippen molar-refractivity contribution in [2.45, 2.75) is 85.2 Å². The van der Waals surface area contributed by atoms with Gasteiger partial charge in [0.25, 0.3) is 0 Å². The number of esters is 1. The molecule has 4 atom stereocenters. The van der Waals surface area contributed by atoms with Crippen LogP contribution in [-0.4, -0.2) is 61.1 Å². The normalized spacial score (nSPS) is 25.5. The smallest absolute Gasteiger partial charge is 0.306 e. The molecule has 0 aromatic carbocycles. The Hall–Kier alpha value is -2.56. The van der Waals surface area contributed by atoms with Gasteiger partial charge in [-0.15, -0.1) is 0 Å². The molecule has 0 aliphatic carbocycles. The fourth-order valence-corrected chi connectivity index (χ4v) is 3.94. The molecule has 0 spiro atoms. The van der Waals surface area contributed by atoms with Crippen molar-refractivity contribution in [1.29, 1.82) is 0 Å². The van der Waals surface area contributed by atoms with Gasteiger partial charge in [0.05, 0.1) is 12.1 Å². The van der Waals surface area contributed by atoms with E-state index in [-0.39, 0.29) is 29.8 Å². The monoisotopic (exact) mass is 476 g/mol. The molecule has 34 heavy (non-hydrogen) atoms. The molecule has 3 rings (SSSR count). The van der Waals surface area contributed by atoms with E-state index in [0.29, 0.717) is 23.4 Å². The van der Waals surface area contributed by atoms with Crippen molar-refractivity contribution in [3.63, 3.8) is 0 Å². The second-order valence-corrected chi connectivity index (χ2v) is 11.6. The van der Waals surface area contributed by atoms with Crippen LogP contribution in [0.2, 0.25) is 0 Å². The third-order valence-electron chi connectivity index (χ3n) is 5.57. The van der Waals surface area contributed by atoms with E-state index < -0.39 is 29.9 Å². The van der Waals surface area contributed by atoms with Gasteiger partial charge in [0, 0.05) is 6.42 Å². The summed E-state index contributed by atoms with van der Waals surface area (Å²) in [4.78, 5) is 28.8. The predicted molar refractivity (Wildman–Crippen MR) is 125 cm³/mol. The summed E-state index contributed by atoms with van der Waals surface area (Å²) >= 11 is 0. The van der Waals surface area contributed by atoms with Gasteiger partial charge in [0.2, 0.25) is 5.91 Å². The number of aromatic nitrogens is 3. The Morgan fingerprint density at radius 1 is 1.15 bits per heavy atom. The number of carbonyl (C=O) groups excluding carboxylic acids is 2. The molecule has 3 N–H and O–H groups in total. The Morgan fingerprint density at radius 2 is 1.79 bits per heavy atom. The number of hydrogen-bond acceptors (Lipinski definition) is 8. The zero-order valence-corrected chi connectivity index (χ0v) is 21.0. The first kappa shape index (κ1) is 26.1. The van der Waals surface area contributed by atoms with Crippen molar-refractivity contribution in [2.75, 3.05) is 11.9 Å². The lowest BCUT2D eigenvalue weighted by atomic mass is 9.92. The number of rotatable bonds is 6. The zero-order valence-electron chi connectivity index (χ0n) is 21.0. The van der Waals surface area contributed by atoms with Crippen LogP contribution in [0.3, 0.4) is 0 Å². The first-order chi connectivity index (χ1) is 15.6. The Kier molecular flexibility index (Phi) is 7.08. The van der Waals surface area contributed by atoms with Gasteiger partial charge < -0.3 is 25.0 Å². The standard InChI is InChI=1S/C24H36N4O6/c1-22(2,3)10-16(29)27-21-15-9-8-14(28(15)26-13-25-21)19-18(31)20(32)24(7,34-19)12-33-17(30)11-23(4,5)6/h8-9,13,18-20,31-32H,10-12H2,1-7H3,(H,25,26,27,29)/t18-,19-,20-,24+/m0/s1. The van der Waals surface area contributed by atoms with Crippen molar-refractivity contribution in [2.24, 2.45) is 10.8 Å². The number of carbonyl (C=O) groups is 2. The lowest BCUT2D eigenvalue weighted by molar-refractivity contribution is -0.161. The number of nitrogens with zero attached hydrogens (tertiary/aromatic N) is 3. The molecule has 0 bridgehead atoms. The van der Waals surface area contributed by atoms with Gasteiger partial charge in [-0.25, -0.2) is 9.50 Å². The fourth-order valence-electron chi connectivity index (χ4n) is 3.94. The molecule has 1 saturated heterocycles. The van der Waals surface area contributed by atoms with Crippen LogP contribution in [0.15, 0.2) is 18.5 Å². The number of aliphatic hydroxyl groups is 2. The topological polar surface area (TPSA) is 135 Å². The molecule has 2 aromatic rings. The number of nitrogens with one attached hydrogen (secondary N) is 1. The largest absolute Gasteiger partial charge is 0.462 e. The van der Waals surface area contributed by atoms with Gasteiger partial charge >= 0.3 is 5.97 Å². The van der Waals surface area contributed by atoms with E-state index in [0.717, 1.165) is 0 Å². The molecule has 188 valence electrons. The summed E-state index contributed by atoms with van der Waals surface area (Å²) in [6, 6.07) is 3.41. The highest BCUT2D eigenvalue weighted by Crippen LogP contribution is 2.41. The predicted octanol–water partition coefficient (Wildman–Crippen LogP) is 2.64. The third-order valence-corrected chi connectivity index (χ3v) is 5.57. The van der Waals surface area contributed by atoms with Crippen molar-refractivity contribution in [3.8, 4) is 0 Å². The summed E-state index contributed by atoms with van der Waals surface area (Å²) in [5.74, 6) is -0.241. The Balaban J connectivity index is 1.79. The minimum Gasteiger partial charge on any atom is -0.462 e. The summed E-state index contributed by atoms with van der Waals surface area (Å²) in [7, 11) is 0. The van der Waals surface area contributed by atoms with Crippen molar-refractivity contribution in [3.05, 3.63) is 24.2 Å². The minimum absolute atomic E-state index is 0.173. The van der Waals surface area contributed by atoms with Gasteiger partial charge in [-0.2, -0.15) is 5.10 Å². The average molecular weight is 477 g/mol. The fraction of sp³-hybridized carbons (Fsp3) is 0.667. The van der Waals surface area contributed by atoms with E-state index >= 15 is 0 Å². The van der Waals surface area contributed by atoms with Gasteiger partial charge in [-0.05, 0) is 29.9 Å². The number of amides is 1. The third kappa shape index (κ3) is 5.92. The van der Waals surface area contributed by atoms with E-state index in [1.807, 2.05) is 41.5 Å². The van der Waals surface area contributed by atoms with Gasteiger partial charge in [0.15, 0.2) is 5.82 Å². The average Bonchev–Trinajstić information content (AvgIpc) is 3.20. The van der Waals surface area contributed by atoms with Crippen LogP contribution < -0.4 is 5.32 Å². The maximum Gasteiger partial charge on any atom is 0.306 e. The van der Waals surface area contributed by atoms with Crippen LogP contribution in [-0.2, 0) is 19.1 Å². The number of fused-ring (bicyclic) bond motifs is 1. The van der Waals surface area contributed by atoms with Gasteiger partial charge in [-0.1, -0.05) is 41.5 Å². The molecule has 10 nitrogen and oxygen atoms in total. The second-order valence-electron chi connectivity index (χ2n) is 11.6. The van der Waals surface area contributed by atoms with Crippen molar-refractivity contribution >= 4 is 23.2 Å². The number of ether oxygens (including phenoxy) is 2. The summed E-state index contributed by atoms with van der Waals surface area (Å²) in [6.45, 7) is 13.1. The summed E-state index contributed by atoms with van der Waals surface area (Å²) in [5.41, 5.74) is -0.729. The minimum atomic E-state index is -1.31. The van der Waals surface area contributed by atoms with Crippen LogP contribution in [0.1, 0.15) is 73.1 Å². The summed E-state index contributed by atoms with van der Waals surface area (Å²) in [5, 5.41) is 28.6. The Morgan fingerprint density at radius 3 is 2.41 bits per heavy atom. The van der Waals surface area contributed by atoms with E-state index in [9.17, 15) is 19.8 Å². The lowest BCUT2D eigenvalue weighted by Gasteiger charge is -2.27. The van der Waals surface area contributed by atoms with Crippen LogP contribution in [0.5, 0.6) is 0 Å². The zero-order chi connectivity index (χ0) is 25.5. The molecule has 0 saturated carbocycles. The van der Waals surface area contributed by atoms with Crippen LogP contribution in [0.25, 0.3) is 5.52 Å². The summed E-state index contributed by atoms with van der Waals surface area (Å²) < 4.78 is 12.9. The van der Waals surface area contributed by atoms with E-state index in [1.54, 1.807) is 19.1 Å². The second kappa shape index (κ2) is 9.24. The molecular formula is C24H36N4O6. The molecule has 1 amide bonds. The Labute approximate surface area is 199 Å². The van der Waals surface area contributed by atoms with Gasteiger partial charge in [-0.3, -0.25) is 9.59 Å². The molecule has 1 aliphatic heterocycles. The number of anilines is 1. The quantitative estimate of drug-likeness (QED) is 0.542. The highest BCUT2D eigenvalue weighted by Gasteiger charge is 2.53. The van der Waals surface area contributed by atoms with E-state index in [1.165, 1.54) is 10.8 Å². The lowest BCUT2D eigenvalue weighted by Crippen LogP contribution is -2.44. The summed E-state index contributed by atoms with van der Waals surface area (Å²) in [6.07, 6.45) is -1.67. The van der Waals surface area contributed by atoms with Crippen LogP contribution >= 0.6 is 0 Å². The molecule has 3 heterocycles. The number of aliphatic hydroxyl groups excluding tert-OH is 2. The SMILES string of the molecule is CC(C)(C)CC(=O)Nc1ncnn2c([C@@H]3O[C@](C)(COC(=O)CC(C)(C)C)[C@@H](O)[C@H]3O)ccc12. The molecule has 0 unspecified atom stereocenters. The molecule has 2 aromatic heterocycles. The van der Waals surface area contributed by atoms with Crippen molar-refractivity contribution in [1.82, 2.24) is 14.6 Å². The highest BCUT2D eigenvalue weighted by atomic mass is 16.6. The van der Waals surface area contributed by atoms with Crippen LogP contribution in [0.4, 0.5) is 5.82 Å². The Bertz CT molecular complexity index is 1050. The maximum atomic E-state index is 12.4. The molecule has 0 radical (unpaired) electrons. The first-order valence-corrected chi connectivity index (χ1v) is 11.4. The van der Waals surface area contributed by atoms with Crippen LogP contribution in [0, 0.1) is 10.8 Å². The molecule has 10 heteroatoms. The molecule has 1 fully saturated rings. The molecular weight excluding hydrogens is 440 g/mol.